The normalized spacial score (nSPS) is 21.9. The van der Waals surface area contributed by atoms with Crippen molar-refractivity contribution < 1.29 is 4.79 Å². The summed E-state index contributed by atoms with van der Waals surface area (Å²) in [5.41, 5.74) is 15.9. The van der Waals surface area contributed by atoms with Crippen LogP contribution in [0.4, 0.5) is 5.95 Å². The van der Waals surface area contributed by atoms with Gasteiger partial charge in [0.1, 0.15) is 6.33 Å². The van der Waals surface area contributed by atoms with Gasteiger partial charge in [-0.15, -0.1) is 0 Å². The first kappa shape index (κ1) is 18.8. The molecule has 3 aliphatic carbocycles. The van der Waals surface area contributed by atoms with Gasteiger partial charge in [-0.2, -0.15) is 0 Å². The largest absolute Gasteiger partial charge is 0.401 e. The number of hydrogen-bond donors (Lipinski definition) is 2. The number of aromatic nitrogens is 4. The third-order valence-electron chi connectivity index (χ3n) is 6.83. The molecule has 0 radical (unpaired) electrons. The topological polar surface area (TPSA) is 115 Å². The van der Waals surface area contributed by atoms with Crippen LogP contribution in [0, 0.1) is 5.92 Å². The lowest BCUT2D eigenvalue weighted by molar-refractivity contribution is -0.120. The fraction of sp³-hybridized carbons (Fsp3) is 0.250. The van der Waals surface area contributed by atoms with E-state index in [2.05, 4.69) is 15.0 Å². The van der Waals surface area contributed by atoms with E-state index in [0.29, 0.717) is 23.8 Å². The predicted octanol–water partition coefficient (Wildman–Crippen LogP) is 2.85. The number of benzene rings is 1. The third kappa shape index (κ3) is 2.83. The monoisotopic (exact) mass is 425 g/mol. The quantitative estimate of drug-likeness (QED) is 0.508. The Morgan fingerprint density at radius 2 is 2.09 bits per heavy atom. The Balaban J connectivity index is 1.37. The zero-order valence-corrected chi connectivity index (χ0v) is 17.5. The second kappa shape index (κ2) is 6.78. The number of fused-ring (bicyclic) bond motifs is 3. The number of imidazole rings is 1. The number of rotatable bonds is 5. The molecule has 3 fully saturated rings. The Hall–Kier alpha value is -3.94. The van der Waals surface area contributed by atoms with Gasteiger partial charge in [-0.3, -0.25) is 14.2 Å². The van der Waals surface area contributed by atoms with Crippen molar-refractivity contribution in [2.45, 2.75) is 24.8 Å². The summed E-state index contributed by atoms with van der Waals surface area (Å²) in [6.07, 6.45) is 10.1. The summed E-state index contributed by atoms with van der Waals surface area (Å²) >= 11 is 0. The van der Waals surface area contributed by atoms with Crippen LogP contribution in [0.3, 0.4) is 0 Å². The van der Waals surface area contributed by atoms with Crippen LogP contribution < -0.4 is 11.5 Å². The van der Waals surface area contributed by atoms with Gasteiger partial charge in [0.15, 0.2) is 0 Å². The molecule has 8 nitrogen and oxygen atoms in total. The van der Waals surface area contributed by atoms with Crippen molar-refractivity contribution in [1.82, 2.24) is 24.3 Å². The summed E-state index contributed by atoms with van der Waals surface area (Å²) in [4.78, 5) is 28.6. The fourth-order valence-corrected chi connectivity index (χ4v) is 5.08. The molecular formula is C24H23N7O. The van der Waals surface area contributed by atoms with Gasteiger partial charge >= 0.3 is 0 Å². The maximum Gasteiger partial charge on any atom is 0.254 e. The minimum Gasteiger partial charge on any atom is -0.401 e. The van der Waals surface area contributed by atoms with Crippen LogP contribution in [0.5, 0.6) is 0 Å². The number of carbonyl (C=O) groups is 1. The molecule has 0 unspecified atom stereocenters. The molecule has 1 amide bonds. The highest BCUT2D eigenvalue weighted by molar-refractivity contribution is 6.02. The number of carbonyl (C=O) groups excluding carboxylic acids is 1. The molecule has 0 aliphatic heterocycles. The Morgan fingerprint density at radius 1 is 1.25 bits per heavy atom. The Kier molecular flexibility index (Phi) is 3.98. The van der Waals surface area contributed by atoms with E-state index in [1.165, 1.54) is 0 Å². The number of hydrogen-bond acceptors (Lipinski definition) is 6. The van der Waals surface area contributed by atoms with E-state index in [9.17, 15) is 4.79 Å². The Bertz CT molecular complexity index is 1370. The van der Waals surface area contributed by atoms with Crippen LogP contribution >= 0.6 is 0 Å². The first-order valence-corrected chi connectivity index (χ1v) is 10.7. The molecule has 2 bridgehead atoms. The number of anilines is 1. The predicted molar refractivity (Wildman–Crippen MR) is 122 cm³/mol. The number of pyridine rings is 1. The molecule has 0 spiro atoms. The van der Waals surface area contributed by atoms with Crippen molar-refractivity contribution in [3.05, 3.63) is 72.1 Å². The Labute approximate surface area is 184 Å². The molecule has 4 aromatic rings. The Morgan fingerprint density at radius 3 is 2.81 bits per heavy atom. The van der Waals surface area contributed by atoms with Gasteiger partial charge in [0.25, 0.3) is 5.91 Å². The van der Waals surface area contributed by atoms with Crippen LogP contribution in [0.15, 0.2) is 60.8 Å². The maximum absolute atomic E-state index is 13.7. The second-order valence-electron chi connectivity index (χ2n) is 8.92. The molecule has 3 aromatic heterocycles. The summed E-state index contributed by atoms with van der Waals surface area (Å²) in [6, 6.07) is 11.2. The van der Waals surface area contributed by atoms with E-state index < -0.39 is 0 Å². The van der Waals surface area contributed by atoms with Crippen molar-refractivity contribution >= 4 is 34.4 Å². The average Bonchev–Trinajstić information content (AvgIpc) is 3.22. The first-order chi connectivity index (χ1) is 15.5. The molecule has 3 aliphatic rings. The molecule has 0 atom stereocenters. The summed E-state index contributed by atoms with van der Waals surface area (Å²) in [7, 11) is 0. The number of nitrogens with two attached hydrogens (primary N) is 2. The molecule has 3 heterocycles. The lowest BCUT2D eigenvalue weighted by Crippen LogP contribution is -2.69. The fourth-order valence-electron chi connectivity index (χ4n) is 5.08. The molecule has 0 saturated heterocycles. The van der Waals surface area contributed by atoms with Gasteiger partial charge in [-0.05, 0) is 61.6 Å². The smallest absolute Gasteiger partial charge is 0.254 e. The van der Waals surface area contributed by atoms with Crippen molar-refractivity contribution in [2.75, 3.05) is 12.3 Å². The van der Waals surface area contributed by atoms with E-state index in [0.717, 1.165) is 47.3 Å². The van der Waals surface area contributed by atoms with Crippen LogP contribution in [0.25, 0.3) is 22.5 Å². The zero-order valence-electron chi connectivity index (χ0n) is 17.5. The van der Waals surface area contributed by atoms with E-state index in [4.69, 9.17) is 11.5 Å². The van der Waals surface area contributed by atoms with E-state index in [1.807, 2.05) is 47.4 Å². The summed E-state index contributed by atoms with van der Waals surface area (Å²) in [5, 5.41) is 0.845. The van der Waals surface area contributed by atoms with Crippen LogP contribution in [-0.2, 0) is 0 Å². The van der Waals surface area contributed by atoms with E-state index in [1.54, 1.807) is 23.1 Å². The number of nitrogen functional groups attached to an aromatic ring is 1. The third-order valence-corrected chi connectivity index (χ3v) is 6.83. The SMILES string of the molecule is N/C(=C\c1ccccn1)CN(C(=O)c1ccc2nc(N)n3cncc3c2c1)C12CC(C1)C2. The van der Waals surface area contributed by atoms with E-state index >= 15 is 0 Å². The highest BCUT2D eigenvalue weighted by atomic mass is 16.2. The van der Waals surface area contributed by atoms with Gasteiger partial charge < -0.3 is 16.4 Å². The van der Waals surface area contributed by atoms with Crippen LogP contribution in [-0.4, -0.2) is 42.2 Å². The minimum absolute atomic E-state index is 0.0167. The standard InChI is InChI=1S/C24H23N7O/c25-17(8-18-3-1-2-6-28-18)13-31(24-9-15(10-24)11-24)22(32)16-4-5-20-19(7-16)21-12-27-14-30(21)23(26)29-20/h1-8,12,14-15H,9-11,13,25H2,(H2,26,29)/b17-8-. The number of nitrogens with zero attached hydrogens (tertiary/aromatic N) is 5. The number of amides is 1. The molecule has 3 saturated carbocycles. The van der Waals surface area contributed by atoms with Gasteiger partial charge in [0.05, 0.1) is 29.5 Å². The average molecular weight is 425 g/mol. The molecule has 8 heteroatoms. The van der Waals surface area contributed by atoms with Gasteiger partial charge in [-0.1, -0.05) is 6.07 Å². The van der Waals surface area contributed by atoms with Crippen molar-refractivity contribution in [1.29, 1.82) is 0 Å². The molecular weight excluding hydrogens is 402 g/mol. The maximum atomic E-state index is 13.7. The minimum atomic E-state index is -0.0788. The first-order valence-electron chi connectivity index (χ1n) is 10.7. The van der Waals surface area contributed by atoms with Crippen molar-refractivity contribution in [3.8, 4) is 0 Å². The van der Waals surface area contributed by atoms with Crippen LogP contribution in [0.1, 0.15) is 35.3 Å². The second-order valence-corrected chi connectivity index (χ2v) is 8.92. The summed E-state index contributed by atoms with van der Waals surface area (Å²) < 4.78 is 1.73. The van der Waals surface area contributed by atoms with Gasteiger partial charge in [0.2, 0.25) is 5.95 Å². The summed E-state index contributed by atoms with van der Waals surface area (Å²) in [5.74, 6) is 1.09. The van der Waals surface area contributed by atoms with Crippen LogP contribution in [0.2, 0.25) is 0 Å². The van der Waals surface area contributed by atoms with Crippen molar-refractivity contribution in [3.63, 3.8) is 0 Å². The van der Waals surface area contributed by atoms with Gasteiger partial charge in [0, 0.05) is 28.4 Å². The van der Waals surface area contributed by atoms with E-state index in [-0.39, 0.29) is 11.4 Å². The lowest BCUT2D eigenvalue weighted by atomic mass is 9.49. The highest BCUT2D eigenvalue weighted by Crippen LogP contribution is 2.60. The van der Waals surface area contributed by atoms with Crippen molar-refractivity contribution in [2.24, 2.45) is 11.7 Å². The molecule has 160 valence electrons. The zero-order chi connectivity index (χ0) is 21.9. The highest BCUT2D eigenvalue weighted by Gasteiger charge is 2.61. The molecule has 1 aromatic carbocycles. The lowest BCUT2D eigenvalue weighted by Gasteiger charge is -2.66. The van der Waals surface area contributed by atoms with Gasteiger partial charge in [-0.25, -0.2) is 9.97 Å². The summed E-state index contributed by atoms with van der Waals surface area (Å²) in [6.45, 7) is 0.377. The molecule has 32 heavy (non-hydrogen) atoms. The molecule has 4 N–H and O–H groups in total. The molecule has 7 rings (SSSR count).